The maximum Gasteiger partial charge on any atom is 0.272 e. The minimum absolute atomic E-state index is 0.183. The summed E-state index contributed by atoms with van der Waals surface area (Å²) in [6, 6.07) is 7.69. The van der Waals surface area contributed by atoms with Crippen LogP contribution in [0.5, 0.6) is 0 Å². The van der Waals surface area contributed by atoms with Crippen LogP contribution in [0.4, 0.5) is 5.69 Å². The SMILES string of the molecule is Cc1ccc(CNC(C)c2ccsc2)cc1[N+](=O)[O-]. The van der Waals surface area contributed by atoms with Crippen molar-refractivity contribution in [1.29, 1.82) is 0 Å². The molecular formula is C14H16N2O2S. The smallest absolute Gasteiger partial charge is 0.272 e. The van der Waals surface area contributed by atoms with Crippen molar-refractivity contribution in [3.63, 3.8) is 0 Å². The van der Waals surface area contributed by atoms with Crippen LogP contribution in [0, 0.1) is 17.0 Å². The Kier molecular flexibility index (Phi) is 4.29. The average molecular weight is 276 g/mol. The second-order valence-electron chi connectivity index (χ2n) is 4.54. The Balaban J connectivity index is 2.04. The fourth-order valence-corrected chi connectivity index (χ4v) is 2.63. The number of benzene rings is 1. The van der Waals surface area contributed by atoms with Crippen LogP contribution in [0.25, 0.3) is 0 Å². The fraction of sp³-hybridized carbons (Fsp3) is 0.286. The van der Waals surface area contributed by atoms with Crippen molar-refractivity contribution in [1.82, 2.24) is 5.32 Å². The Bertz CT molecular complexity index is 567. The monoisotopic (exact) mass is 276 g/mol. The number of nitro groups is 1. The summed E-state index contributed by atoms with van der Waals surface area (Å²) in [5.41, 5.74) is 3.05. The first-order valence-electron chi connectivity index (χ1n) is 6.07. The number of rotatable bonds is 5. The third-order valence-electron chi connectivity index (χ3n) is 3.13. The van der Waals surface area contributed by atoms with E-state index in [1.54, 1.807) is 30.4 Å². The van der Waals surface area contributed by atoms with Gasteiger partial charge in [-0.1, -0.05) is 12.1 Å². The molecule has 0 fully saturated rings. The molecule has 1 heterocycles. The first kappa shape index (κ1) is 13.7. The van der Waals surface area contributed by atoms with Crippen molar-refractivity contribution in [2.24, 2.45) is 0 Å². The van der Waals surface area contributed by atoms with Crippen molar-refractivity contribution in [2.45, 2.75) is 26.4 Å². The molecule has 1 unspecified atom stereocenters. The van der Waals surface area contributed by atoms with E-state index in [0.29, 0.717) is 12.1 Å². The fourth-order valence-electron chi connectivity index (χ4n) is 1.87. The van der Waals surface area contributed by atoms with E-state index >= 15 is 0 Å². The van der Waals surface area contributed by atoms with Crippen LogP contribution in [0.3, 0.4) is 0 Å². The van der Waals surface area contributed by atoms with Crippen LogP contribution in [-0.2, 0) is 6.54 Å². The zero-order valence-electron chi connectivity index (χ0n) is 10.9. The number of hydrogen-bond donors (Lipinski definition) is 1. The average Bonchev–Trinajstić information content (AvgIpc) is 2.91. The molecular weight excluding hydrogens is 260 g/mol. The van der Waals surface area contributed by atoms with Crippen molar-refractivity contribution in [2.75, 3.05) is 0 Å². The molecule has 0 aliphatic carbocycles. The van der Waals surface area contributed by atoms with Crippen LogP contribution in [0.15, 0.2) is 35.0 Å². The highest BCUT2D eigenvalue weighted by Crippen LogP contribution is 2.20. The van der Waals surface area contributed by atoms with E-state index in [0.717, 1.165) is 5.56 Å². The molecule has 0 saturated carbocycles. The highest BCUT2D eigenvalue weighted by atomic mass is 32.1. The second kappa shape index (κ2) is 5.95. The number of nitro benzene ring substituents is 1. The molecule has 0 radical (unpaired) electrons. The molecule has 0 aliphatic heterocycles. The van der Waals surface area contributed by atoms with Crippen molar-refractivity contribution in [3.8, 4) is 0 Å². The van der Waals surface area contributed by atoms with Gasteiger partial charge in [0.2, 0.25) is 0 Å². The maximum atomic E-state index is 10.9. The number of nitrogens with one attached hydrogen (secondary N) is 1. The van der Waals surface area contributed by atoms with Gasteiger partial charge >= 0.3 is 0 Å². The van der Waals surface area contributed by atoms with Gasteiger partial charge in [-0.3, -0.25) is 10.1 Å². The van der Waals surface area contributed by atoms with Gasteiger partial charge in [-0.25, -0.2) is 0 Å². The molecule has 19 heavy (non-hydrogen) atoms. The summed E-state index contributed by atoms with van der Waals surface area (Å²) in [6.07, 6.45) is 0. The van der Waals surface area contributed by atoms with E-state index < -0.39 is 0 Å². The summed E-state index contributed by atoms with van der Waals surface area (Å²) in [5, 5.41) is 18.4. The standard InChI is InChI=1S/C14H16N2O2S/c1-10-3-4-12(7-14(10)16(17)18)8-15-11(2)13-5-6-19-9-13/h3-7,9,11,15H,8H2,1-2H3. The molecule has 1 N–H and O–H groups in total. The van der Waals surface area contributed by atoms with Gasteiger partial charge in [-0.2, -0.15) is 11.3 Å². The van der Waals surface area contributed by atoms with Crippen LogP contribution >= 0.6 is 11.3 Å². The van der Waals surface area contributed by atoms with E-state index in [2.05, 4.69) is 23.7 Å². The van der Waals surface area contributed by atoms with Gasteiger partial charge in [0.1, 0.15) is 0 Å². The first-order valence-corrected chi connectivity index (χ1v) is 7.01. The lowest BCUT2D eigenvalue weighted by Gasteiger charge is -2.12. The Morgan fingerprint density at radius 1 is 1.42 bits per heavy atom. The third kappa shape index (κ3) is 3.39. The normalized spacial score (nSPS) is 12.3. The van der Waals surface area contributed by atoms with Crippen LogP contribution < -0.4 is 5.32 Å². The zero-order chi connectivity index (χ0) is 13.8. The molecule has 0 aliphatic rings. The van der Waals surface area contributed by atoms with E-state index in [4.69, 9.17) is 0 Å². The minimum atomic E-state index is -0.332. The van der Waals surface area contributed by atoms with Crippen LogP contribution in [0.1, 0.15) is 29.7 Å². The summed E-state index contributed by atoms with van der Waals surface area (Å²) in [7, 11) is 0. The van der Waals surface area contributed by atoms with Gasteiger partial charge in [0.25, 0.3) is 5.69 Å². The molecule has 0 spiro atoms. The van der Waals surface area contributed by atoms with Gasteiger partial charge in [0.15, 0.2) is 0 Å². The van der Waals surface area contributed by atoms with Crippen LogP contribution in [-0.4, -0.2) is 4.92 Å². The van der Waals surface area contributed by atoms with Gasteiger partial charge < -0.3 is 5.32 Å². The van der Waals surface area contributed by atoms with Crippen molar-refractivity contribution < 1.29 is 4.92 Å². The van der Waals surface area contributed by atoms with E-state index in [9.17, 15) is 10.1 Å². The topological polar surface area (TPSA) is 55.2 Å². The molecule has 0 saturated heterocycles. The Labute approximate surface area is 116 Å². The first-order chi connectivity index (χ1) is 9.08. The minimum Gasteiger partial charge on any atom is -0.306 e. The van der Waals surface area contributed by atoms with Gasteiger partial charge in [0, 0.05) is 24.2 Å². The van der Waals surface area contributed by atoms with E-state index in [1.807, 2.05) is 11.4 Å². The molecule has 1 aromatic carbocycles. The lowest BCUT2D eigenvalue weighted by molar-refractivity contribution is -0.385. The Morgan fingerprint density at radius 2 is 2.21 bits per heavy atom. The summed E-state index contributed by atoms with van der Waals surface area (Å²) in [4.78, 5) is 10.6. The predicted molar refractivity (Wildman–Crippen MR) is 77.4 cm³/mol. The second-order valence-corrected chi connectivity index (χ2v) is 5.32. The molecule has 1 aromatic heterocycles. The Hall–Kier alpha value is -1.72. The largest absolute Gasteiger partial charge is 0.306 e. The zero-order valence-corrected chi connectivity index (χ0v) is 11.7. The van der Waals surface area contributed by atoms with Crippen LogP contribution in [0.2, 0.25) is 0 Å². The molecule has 0 bridgehead atoms. The summed E-state index contributed by atoms with van der Waals surface area (Å²) in [6.45, 7) is 4.46. The molecule has 2 aromatic rings. The summed E-state index contributed by atoms with van der Waals surface area (Å²) in [5.74, 6) is 0. The number of aryl methyl sites for hydroxylation is 1. The quantitative estimate of drug-likeness (QED) is 0.667. The van der Waals surface area contributed by atoms with Crippen molar-refractivity contribution >= 4 is 17.0 Å². The number of nitrogens with zero attached hydrogens (tertiary/aromatic N) is 1. The van der Waals surface area contributed by atoms with Gasteiger partial charge in [0.05, 0.1) is 4.92 Å². The number of hydrogen-bond acceptors (Lipinski definition) is 4. The van der Waals surface area contributed by atoms with Gasteiger partial charge in [-0.15, -0.1) is 0 Å². The summed E-state index contributed by atoms with van der Waals surface area (Å²) >= 11 is 1.67. The van der Waals surface area contributed by atoms with E-state index in [1.165, 1.54) is 5.56 Å². The highest BCUT2D eigenvalue weighted by Gasteiger charge is 2.11. The van der Waals surface area contributed by atoms with Gasteiger partial charge in [-0.05, 0) is 41.8 Å². The molecule has 100 valence electrons. The lowest BCUT2D eigenvalue weighted by Crippen LogP contribution is -2.17. The molecule has 5 heteroatoms. The van der Waals surface area contributed by atoms with E-state index in [-0.39, 0.29) is 16.7 Å². The predicted octanol–water partition coefficient (Wildman–Crippen LogP) is 3.82. The lowest BCUT2D eigenvalue weighted by atomic mass is 10.1. The summed E-state index contributed by atoms with van der Waals surface area (Å²) < 4.78 is 0. The van der Waals surface area contributed by atoms with Crippen molar-refractivity contribution in [3.05, 3.63) is 61.8 Å². The molecule has 2 rings (SSSR count). The third-order valence-corrected chi connectivity index (χ3v) is 3.83. The highest BCUT2D eigenvalue weighted by molar-refractivity contribution is 7.07. The number of thiophene rings is 1. The maximum absolute atomic E-state index is 10.9. The molecule has 1 atom stereocenters. The molecule has 4 nitrogen and oxygen atoms in total. The molecule has 0 amide bonds. The Morgan fingerprint density at radius 3 is 2.84 bits per heavy atom.